The summed E-state index contributed by atoms with van der Waals surface area (Å²) in [6, 6.07) is 8.09. The second-order valence-electron chi connectivity index (χ2n) is 8.43. The molecule has 5 rings (SSSR count). The van der Waals surface area contributed by atoms with Gasteiger partial charge in [0.1, 0.15) is 5.75 Å². The Hall–Kier alpha value is -2.80. The molecule has 7 heteroatoms. The van der Waals surface area contributed by atoms with Gasteiger partial charge in [-0.15, -0.1) is 0 Å². The molecule has 0 bridgehead atoms. The van der Waals surface area contributed by atoms with Gasteiger partial charge in [-0.25, -0.2) is 0 Å². The minimum absolute atomic E-state index is 0.0672. The van der Waals surface area contributed by atoms with E-state index in [2.05, 4.69) is 17.9 Å². The van der Waals surface area contributed by atoms with Crippen LogP contribution in [0.2, 0.25) is 0 Å². The molecule has 0 radical (unpaired) electrons. The van der Waals surface area contributed by atoms with Crippen molar-refractivity contribution < 1.29 is 28.4 Å². The Morgan fingerprint density at radius 2 is 1.52 bits per heavy atom. The van der Waals surface area contributed by atoms with Crippen LogP contribution in [0.3, 0.4) is 0 Å². The number of hydrogen-bond acceptors (Lipinski definition) is 7. The zero-order valence-corrected chi connectivity index (χ0v) is 18.5. The molecule has 0 N–H and O–H groups in total. The SMILES string of the molecule is COc1cc([C@H]2C[C@](C)(N3CCCC3)Oc3cc4c(cc32)OCO4)cc(OC)c1OC. The van der Waals surface area contributed by atoms with Crippen LogP contribution in [-0.2, 0) is 0 Å². The third-order valence-electron chi connectivity index (χ3n) is 6.66. The number of fused-ring (bicyclic) bond motifs is 2. The maximum absolute atomic E-state index is 6.64. The van der Waals surface area contributed by atoms with Gasteiger partial charge >= 0.3 is 0 Å². The lowest BCUT2D eigenvalue weighted by Gasteiger charge is -2.45. The molecule has 1 fully saturated rings. The largest absolute Gasteiger partial charge is 0.493 e. The average Bonchev–Trinajstić information content (AvgIpc) is 3.48. The fourth-order valence-electron chi connectivity index (χ4n) is 5.05. The van der Waals surface area contributed by atoms with Gasteiger partial charge < -0.3 is 28.4 Å². The number of nitrogens with zero attached hydrogens (tertiary/aromatic N) is 1. The summed E-state index contributed by atoms with van der Waals surface area (Å²) in [6.45, 7) is 4.50. The van der Waals surface area contributed by atoms with Gasteiger partial charge in [-0.3, -0.25) is 4.90 Å². The summed E-state index contributed by atoms with van der Waals surface area (Å²) in [5, 5.41) is 0. The molecule has 3 aliphatic heterocycles. The molecule has 7 nitrogen and oxygen atoms in total. The van der Waals surface area contributed by atoms with E-state index in [9.17, 15) is 0 Å². The molecule has 0 spiro atoms. The molecule has 0 saturated carbocycles. The predicted molar refractivity (Wildman–Crippen MR) is 115 cm³/mol. The Morgan fingerprint density at radius 1 is 0.871 bits per heavy atom. The monoisotopic (exact) mass is 427 g/mol. The van der Waals surface area contributed by atoms with Crippen molar-refractivity contribution >= 4 is 0 Å². The van der Waals surface area contributed by atoms with Crippen LogP contribution < -0.4 is 28.4 Å². The molecule has 2 atom stereocenters. The second kappa shape index (κ2) is 7.71. The number of rotatable bonds is 5. The summed E-state index contributed by atoms with van der Waals surface area (Å²) in [5.41, 5.74) is 1.75. The quantitative estimate of drug-likeness (QED) is 0.710. The van der Waals surface area contributed by atoms with E-state index in [1.807, 2.05) is 18.2 Å². The smallest absolute Gasteiger partial charge is 0.231 e. The molecular weight excluding hydrogens is 398 g/mol. The molecule has 0 amide bonds. The molecule has 166 valence electrons. The average molecular weight is 427 g/mol. The van der Waals surface area contributed by atoms with Gasteiger partial charge in [0.2, 0.25) is 12.5 Å². The topological polar surface area (TPSA) is 58.6 Å². The van der Waals surface area contributed by atoms with Gasteiger partial charge in [0, 0.05) is 37.1 Å². The van der Waals surface area contributed by atoms with Gasteiger partial charge in [-0.2, -0.15) is 0 Å². The molecule has 0 unspecified atom stereocenters. The van der Waals surface area contributed by atoms with Crippen molar-refractivity contribution in [1.29, 1.82) is 0 Å². The third kappa shape index (κ3) is 3.31. The minimum atomic E-state index is -0.414. The van der Waals surface area contributed by atoms with Crippen LogP contribution >= 0.6 is 0 Å². The zero-order valence-electron chi connectivity index (χ0n) is 18.5. The van der Waals surface area contributed by atoms with E-state index < -0.39 is 5.72 Å². The van der Waals surface area contributed by atoms with Crippen LogP contribution in [-0.4, -0.2) is 51.8 Å². The first-order valence-corrected chi connectivity index (χ1v) is 10.7. The van der Waals surface area contributed by atoms with Crippen LogP contribution in [0.15, 0.2) is 24.3 Å². The Kier molecular flexibility index (Phi) is 5.01. The lowest BCUT2D eigenvalue weighted by Crippen LogP contribution is -2.52. The molecule has 1 saturated heterocycles. The summed E-state index contributed by atoms with van der Waals surface area (Å²) in [7, 11) is 4.91. The summed E-state index contributed by atoms with van der Waals surface area (Å²) in [4.78, 5) is 2.45. The third-order valence-corrected chi connectivity index (χ3v) is 6.66. The Balaban J connectivity index is 1.65. The Bertz CT molecular complexity index is 961. The molecule has 0 aromatic heterocycles. The van der Waals surface area contributed by atoms with Crippen molar-refractivity contribution in [2.24, 2.45) is 0 Å². The number of methoxy groups -OCH3 is 3. The van der Waals surface area contributed by atoms with Gasteiger partial charge in [0.15, 0.2) is 28.7 Å². The highest BCUT2D eigenvalue weighted by molar-refractivity contribution is 5.60. The standard InChI is InChI=1S/C24H29NO6/c1-24(25-7-5-6-8-25)13-17(15-9-21(26-2)23(28-4)22(10-15)27-3)16-11-19-20(30-14-29-19)12-18(16)31-24/h9-12,17H,5-8,13-14H2,1-4H3/t17-,24-/m1/s1. The Labute approximate surface area is 182 Å². The second-order valence-corrected chi connectivity index (χ2v) is 8.43. The molecule has 3 aliphatic rings. The highest BCUT2D eigenvalue weighted by Gasteiger charge is 2.44. The van der Waals surface area contributed by atoms with E-state index in [1.54, 1.807) is 21.3 Å². The van der Waals surface area contributed by atoms with Crippen molar-refractivity contribution in [1.82, 2.24) is 4.90 Å². The fraction of sp³-hybridized carbons (Fsp3) is 0.500. The number of likely N-dealkylation sites (tertiary alicyclic amines) is 1. The van der Waals surface area contributed by atoms with Crippen LogP contribution in [0, 0.1) is 0 Å². The van der Waals surface area contributed by atoms with Crippen molar-refractivity contribution in [3.05, 3.63) is 35.4 Å². The first kappa shape index (κ1) is 20.1. The van der Waals surface area contributed by atoms with Crippen LogP contribution in [0.5, 0.6) is 34.5 Å². The maximum atomic E-state index is 6.64. The van der Waals surface area contributed by atoms with Gasteiger partial charge in [-0.05, 0) is 43.5 Å². The molecule has 31 heavy (non-hydrogen) atoms. The minimum Gasteiger partial charge on any atom is -0.493 e. The van der Waals surface area contributed by atoms with Crippen molar-refractivity contribution in [2.45, 2.75) is 37.8 Å². The van der Waals surface area contributed by atoms with Crippen molar-refractivity contribution in [3.63, 3.8) is 0 Å². The van der Waals surface area contributed by atoms with E-state index in [1.165, 1.54) is 12.8 Å². The number of benzene rings is 2. The first-order valence-electron chi connectivity index (χ1n) is 10.7. The molecular formula is C24H29NO6. The van der Waals surface area contributed by atoms with E-state index in [0.717, 1.165) is 47.9 Å². The summed E-state index contributed by atoms with van der Waals surface area (Å²) in [6.07, 6.45) is 3.20. The number of ether oxygens (including phenoxy) is 6. The fourth-order valence-corrected chi connectivity index (χ4v) is 5.05. The van der Waals surface area contributed by atoms with Gasteiger partial charge in [-0.1, -0.05) is 0 Å². The van der Waals surface area contributed by atoms with E-state index in [-0.39, 0.29) is 12.7 Å². The van der Waals surface area contributed by atoms with Crippen LogP contribution in [0.25, 0.3) is 0 Å². The van der Waals surface area contributed by atoms with E-state index in [0.29, 0.717) is 17.2 Å². The van der Waals surface area contributed by atoms with Crippen LogP contribution in [0.4, 0.5) is 0 Å². The summed E-state index contributed by atoms with van der Waals surface area (Å²) < 4.78 is 34.7. The summed E-state index contributed by atoms with van der Waals surface area (Å²) in [5.74, 6) is 4.27. The van der Waals surface area contributed by atoms with Crippen molar-refractivity contribution in [3.8, 4) is 34.5 Å². The lowest BCUT2D eigenvalue weighted by molar-refractivity contribution is -0.0768. The maximum Gasteiger partial charge on any atom is 0.231 e. The van der Waals surface area contributed by atoms with E-state index >= 15 is 0 Å². The first-order chi connectivity index (χ1) is 15.1. The zero-order chi connectivity index (χ0) is 21.6. The van der Waals surface area contributed by atoms with E-state index in [4.69, 9.17) is 28.4 Å². The lowest BCUT2D eigenvalue weighted by atomic mass is 9.81. The van der Waals surface area contributed by atoms with Gasteiger partial charge in [0.05, 0.1) is 21.3 Å². The van der Waals surface area contributed by atoms with Crippen LogP contribution in [0.1, 0.15) is 43.2 Å². The summed E-state index contributed by atoms with van der Waals surface area (Å²) >= 11 is 0. The molecule has 3 heterocycles. The molecule has 2 aromatic rings. The highest BCUT2D eigenvalue weighted by Crippen LogP contribution is 2.52. The molecule has 0 aliphatic carbocycles. The van der Waals surface area contributed by atoms with Gasteiger partial charge in [0.25, 0.3) is 0 Å². The number of hydrogen-bond donors (Lipinski definition) is 0. The highest BCUT2D eigenvalue weighted by atomic mass is 16.7. The molecule has 2 aromatic carbocycles. The normalized spacial score (nSPS) is 24.5. The predicted octanol–water partition coefficient (Wildman–Crippen LogP) is 4.17. The Morgan fingerprint density at radius 3 is 2.13 bits per heavy atom. The van der Waals surface area contributed by atoms with Crippen molar-refractivity contribution in [2.75, 3.05) is 41.2 Å².